The normalized spacial score (nSPS) is 12.5. The molecule has 1 aromatic carbocycles. The van der Waals surface area contributed by atoms with Gasteiger partial charge in [-0.3, -0.25) is 4.79 Å². The number of benzene rings is 1. The molecule has 0 aliphatic carbocycles. The second-order valence-corrected chi connectivity index (χ2v) is 5.51. The van der Waals surface area contributed by atoms with Crippen LogP contribution in [0.4, 0.5) is 0 Å². The summed E-state index contributed by atoms with van der Waals surface area (Å²) in [6.07, 6.45) is 1.63. The molecule has 3 nitrogen and oxygen atoms in total. The van der Waals surface area contributed by atoms with Gasteiger partial charge in [0.2, 0.25) is 0 Å². The van der Waals surface area contributed by atoms with E-state index >= 15 is 0 Å². The summed E-state index contributed by atoms with van der Waals surface area (Å²) in [6.45, 7) is 0.925. The zero-order chi connectivity index (χ0) is 14.4. The molecule has 1 rings (SSSR count). The highest BCUT2D eigenvalue weighted by Gasteiger charge is 2.21. The molecule has 0 aliphatic rings. The van der Waals surface area contributed by atoms with Gasteiger partial charge in [0.15, 0.2) is 0 Å². The van der Waals surface area contributed by atoms with Crippen molar-refractivity contribution in [3.8, 4) is 0 Å². The van der Waals surface area contributed by atoms with Crippen LogP contribution in [-0.2, 0) is 9.53 Å². The highest BCUT2D eigenvalue weighted by atomic mass is 35.5. The van der Waals surface area contributed by atoms with Crippen molar-refractivity contribution < 1.29 is 9.53 Å². The molecule has 1 unspecified atom stereocenters. The zero-order valence-corrected chi connectivity index (χ0v) is 13.0. The Bertz CT molecular complexity index is 435. The standard InChI is InChI=1S/C14H19Cl2NO2/c1-17(2)8-4-5-11(14(18)19-3)10-6-7-12(15)13(16)9-10/h6-7,9,11H,4-5,8H2,1-3H3. The van der Waals surface area contributed by atoms with Crippen molar-refractivity contribution >= 4 is 29.2 Å². The molecule has 0 aromatic heterocycles. The molecule has 0 radical (unpaired) electrons. The number of carbonyl (C=O) groups is 1. The Labute approximate surface area is 124 Å². The minimum Gasteiger partial charge on any atom is -0.469 e. The molecule has 0 amide bonds. The van der Waals surface area contributed by atoms with Crippen LogP contribution in [0.2, 0.25) is 10.0 Å². The first-order chi connectivity index (χ1) is 8.95. The third-order valence-corrected chi connectivity index (χ3v) is 3.67. The zero-order valence-electron chi connectivity index (χ0n) is 11.5. The molecular weight excluding hydrogens is 285 g/mol. The molecule has 0 aliphatic heterocycles. The minimum absolute atomic E-state index is 0.239. The lowest BCUT2D eigenvalue weighted by Crippen LogP contribution is -2.18. The van der Waals surface area contributed by atoms with Crippen LogP contribution in [0.3, 0.4) is 0 Å². The van der Waals surface area contributed by atoms with Crippen molar-refractivity contribution in [3.63, 3.8) is 0 Å². The average molecular weight is 304 g/mol. The first-order valence-corrected chi connectivity index (χ1v) is 6.88. The summed E-state index contributed by atoms with van der Waals surface area (Å²) in [4.78, 5) is 14.0. The Morgan fingerprint density at radius 2 is 2.00 bits per heavy atom. The number of halogens is 2. The largest absolute Gasteiger partial charge is 0.469 e. The van der Waals surface area contributed by atoms with E-state index in [0.29, 0.717) is 10.0 Å². The van der Waals surface area contributed by atoms with Crippen LogP contribution in [-0.4, -0.2) is 38.6 Å². The van der Waals surface area contributed by atoms with E-state index in [9.17, 15) is 4.79 Å². The van der Waals surface area contributed by atoms with Crippen LogP contribution < -0.4 is 0 Å². The number of rotatable bonds is 6. The summed E-state index contributed by atoms with van der Waals surface area (Å²) >= 11 is 11.9. The predicted octanol–water partition coefficient (Wildman–Crippen LogP) is 3.59. The maximum absolute atomic E-state index is 11.9. The van der Waals surface area contributed by atoms with Crippen molar-refractivity contribution in [1.29, 1.82) is 0 Å². The lowest BCUT2D eigenvalue weighted by Gasteiger charge is -2.17. The summed E-state index contributed by atoms with van der Waals surface area (Å²) < 4.78 is 4.87. The highest BCUT2D eigenvalue weighted by molar-refractivity contribution is 6.42. The van der Waals surface area contributed by atoms with E-state index < -0.39 is 0 Å². The average Bonchev–Trinajstić information content (AvgIpc) is 2.37. The third kappa shape index (κ3) is 5.01. The van der Waals surface area contributed by atoms with E-state index in [0.717, 1.165) is 24.9 Å². The molecule has 106 valence electrons. The summed E-state index contributed by atoms with van der Waals surface area (Å²) in [7, 11) is 5.41. The molecule has 0 fully saturated rings. The van der Waals surface area contributed by atoms with Gasteiger partial charge in [-0.25, -0.2) is 0 Å². The van der Waals surface area contributed by atoms with Gasteiger partial charge in [-0.2, -0.15) is 0 Å². The number of esters is 1. The van der Waals surface area contributed by atoms with Crippen molar-refractivity contribution in [2.45, 2.75) is 18.8 Å². The first kappa shape index (κ1) is 16.3. The van der Waals surface area contributed by atoms with Crippen molar-refractivity contribution in [2.75, 3.05) is 27.7 Å². The van der Waals surface area contributed by atoms with E-state index in [1.165, 1.54) is 7.11 Å². The molecule has 19 heavy (non-hydrogen) atoms. The molecule has 0 saturated heterocycles. The smallest absolute Gasteiger partial charge is 0.313 e. The van der Waals surface area contributed by atoms with Gasteiger partial charge in [-0.15, -0.1) is 0 Å². The van der Waals surface area contributed by atoms with E-state index in [1.54, 1.807) is 12.1 Å². The summed E-state index contributed by atoms with van der Waals surface area (Å²) in [6, 6.07) is 5.27. The summed E-state index contributed by atoms with van der Waals surface area (Å²) in [5.41, 5.74) is 0.847. The first-order valence-electron chi connectivity index (χ1n) is 6.13. The fraction of sp³-hybridized carbons (Fsp3) is 0.500. The van der Waals surface area contributed by atoms with Crippen molar-refractivity contribution in [2.24, 2.45) is 0 Å². The van der Waals surface area contributed by atoms with Gasteiger partial charge < -0.3 is 9.64 Å². The van der Waals surface area contributed by atoms with Crippen LogP contribution in [0.1, 0.15) is 24.3 Å². The lowest BCUT2D eigenvalue weighted by molar-refractivity contribution is -0.142. The number of nitrogens with zero attached hydrogens (tertiary/aromatic N) is 1. The van der Waals surface area contributed by atoms with E-state index in [1.807, 2.05) is 20.2 Å². The molecule has 1 aromatic rings. The molecule has 0 saturated carbocycles. The second-order valence-electron chi connectivity index (χ2n) is 4.69. The fourth-order valence-electron chi connectivity index (χ4n) is 1.90. The lowest BCUT2D eigenvalue weighted by atomic mass is 9.94. The molecular formula is C14H19Cl2NO2. The topological polar surface area (TPSA) is 29.5 Å². The van der Waals surface area contributed by atoms with Gasteiger partial charge in [0.25, 0.3) is 0 Å². The monoisotopic (exact) mass is 303 g/mol. The van der Waals surface area contributed by atoms with Crippen molar-refractivity contribution in [3.05, 3.63) is 33.8 Å². The van der Waals surface area contributed by atoms with Gasteiger partial charge in [0.1, 0.15) is 0 Å². The van der Waals surface area contributed by atoms with Gasteiger partial charge >= 0.3 is 5.97 Å². The van der Waals surface area contributed by atoms with Crippen LogP contribution >= 0.6 is 23.2 Å². The van der Waals surface area contributed by atoms with Crippen LogP contribution in [0, 0.1) is 0 Å². The summed E-state index contributed by atoms with van der Waals surface area (Å²) in [5.74, 6) is -0.531. The maximum Gasteiger partial charge on any atom is 0.313 e. The molecule has 0 spiro atoms. The summed E-state index contributed by atoms with van der Waals surface area (Å²) in [5, 5.41) is 0.947. The van der Waals surface area contributed by atoms with Crippen LogP contribution in [0.25, 0.3) is 0 Å². The number of carbonyl (C=O) groups excluding carboxylic acids is 1. The van der Waals surface area contributed by atoms with Crippen LogP contribution in [0.15, 0.2) is 18.2 Å². The third-order valence-electron chi connectivity index (χ3n) is 2.93. The number of ether oxygens (including phenoxy) is 1. The minimum atomic E-state index is -0.292. The number of methoxy groups -OCH3 is 1. The molecule has 1 atom stereocenters. The highest BCUT2D eigenvalue weighted by Crippen LogP contribution is 2.29. The quantitative estimate of drug-likeness (QED) is 0.752. The number of hydrogen-bond donors (Lipinski definition) is 0. The Kier molecular flexibility index (Phi) is 6.63. The molecule has 0 bridgehead atoms. The second kappa shape index (κ2) is 7.73. The van der Waals surface area contributed by atoms with Gasteiger partial charge in [0, 0.05) is 0 Å². The van der Waals surface area contributed by atoms with E-state index in [2.05, 4.69) is 4.90 Å². The SMILES string of the molecule is COC(=O)C(CCCN(C)C)c1ccc(Cl)c(Cl)c1. The molecule has 5 heteroatoms. The van der Waals surface area contributed by atoms with Crippen LogP contribution in [0.5, 0.6) is 0 Å². The van der Waals surface area contributed by atoms with Gasteiger partial charge in [0.05, 0.1) is 23.1 Å². The maximum atomic E-state index is 11.9. The number of hydrogen-bond acceptors (Lipinski definition) is 3. The Morgan fingerprint density at radius 3 is 2.53 bits per heavy atom. The van der Waals surface area contributed by atoms with Gasteiger partial charge in [-0.1, -0.05) is 29.3 Å². The molecule has 0 N–H and O–H groups in total. The van der Waals surface area contributed by atoms with E-state index in [4.69, 9.17) is 27.9 Å². The Hall–Kier alpha value is -0.770. The van der Waals surface area contributed by atoms with Crippen molar-refractivity contribution in [1.82, 2.24) is 4.90 Å². The predicted molar refractivity (Wildman–Crippen MR) is 79.0 cm³/mol. The fourth-order valence-corrected chi connectivity index (χ4v) is 2.21. The Morgan fingerprint density at radius 1 is 1.32 bits per heavy atom. The van der Waals surface area contributed by atoms with Gasteiger partial charge in [-0.05, 0) is 51.2 Å². The molecule has 0 heterocycles. The Balaban J connectivity index is 2.83. The van der Waals surface area contributed by atoms with E-state index in [-0.39, 0.29) is 11.9 Å².